The first-order valence-electron chi connectivity index (χ1n) is 11.5. The highest BCUT2D eigenvalue weighted by molar-refractivity contribution is 9.10. The topological polar surface area (TPSA) is 111 Å². The maximum atomic E-state index is 11.9. The average Bonchev–Trinajstić information content (AvgIpc) is 3.62. The molecule has 12 heteroatoms. The van der Waals surface area contributed by atoms with Gasteiger partial charge in [-0.2, -0.15) is 0 Å². The van der Waals surface area contributed by atoms with Gasteiger partial charge in [0.2, 0.25) is 0 Å². The maximum absolute atomic E-state index is 11.9. The van der Waals surface area contributed by atoms with Gasteiger partial charge in [0.05, 0.1) is 80.5 Å². The van der Waals surface area contributed by atoms with E-state index >= 15 is 0 Å². The van der Waals surface area contributed by atoms with Crippen molar-refractivity contribution in [2.24, 2.45) is 0 Å². The Morgan fingerprint density at radius 1 is 0.811 bits per heavy atom. The van der Waals surface area contributed by atoms with Crippen LogP contribution in [0.1, 0.15) is 0 Å². The van der Waals surface area contributed by atoms with Gasteiger partial charge < -0.3 is 28.1 Å². The number of halogens is 1. The zero-order chi connectivity index (χ0) is 25.8. The van der Waals surface area contributed by atoms with E-state index in [0.717, 1.165) is 15.5 Å². The third kappa shape index (κ3) is 5.76. The summed E-state index contributed by atoms with van der Waals surface area (Å²) in [5.41, 5.74) is 2.94. The van der Waals surface area contributed by atoms with E-state index in [9.17, 15) is 9.59 Å². The third-order valence-electron chi connectivity index (χ3n) is 5.81. The highest BCUT2D eigenvalue weighted by atomic mass is 79.9. The minimum Gasteiger partial charge on any atom is -0.348 e. The lowest BCUT2D eigenvalue weighted by Crippen LogP contribution is -2.27. The van der Waals surface area contributed by atoms with E-state index in [-0.39, 0.29) is 17.4 Å². The summed E-state index contributed by atoms with van der Waals surface area (Å²) in [4.78, 5) is 35.4. The fourth-order valence-electron chi connectivity index (χ4n) is 4.06. The summed E-state index contributed by atoms with van der Waals surface area (Å²) in [6.07, 6.45) is 1.83. The zero-order valence-corrected chi connectivity index (χ0v) is 21.2. The van der Waals surface area contributed by atoms with Crippen molar-refractivity contribution in [1.82, 2.24) is 19.1 Å². The number of benzene rings is 2. The van der Waals surface area contributed by atoms with Crippen molar-refractivity contribution >= 4 is 43.7 Å². The first kappa shape index (κ1) is 25.2. The van der Waals surface area contributed by atoms with Crippen LogP contribution in [0.5, 0.6) is 0 Å². The molecule has 0 bridgehead atoms. The summed E-state index contributed by atoms with van der Waals surface area (Å²) in [7, 11) is 0. The molecule has 0 saturated carbocycles. The van der Waals surface area contributed by atoms with Crippen LogP contribution in [0.3, 0.4) is 0 Å². The van der Waals surface area contributed by atoms with Gasteiger partial charge in [-0.3, -0.25) is 9.59 Å². The summed E-state index contributed by atoms with van der Waals surface area (Å²) in [5, 5.41) is 0. The molecule has 0 atom stereocenters. The van der Waals surface area contributed by atoms with Crippen molar-refractivity contribution < 1.29 is 18.9 Å². The fraction of sp³-hybridized carbons (Fsp3) is 0.320. The molecule has 0 unspecified atom stereocenters. The molecule has 11 nitrogen and oxygen atoms in total. The number of hydrogen-bond acceptors (Lipinski definition) is 8. The van der Waals surface area contributed by atoms with Gasteiger partial charge in [0.25, 0.3) is 11.1 Å². The van der Waals surface area contributed by atoms with Gasteiger partial charge in [0.1, 0.15) is 0 Å². The van der Waals surface area contributed by atoms with Crippen LogP contribution >= 0.6 is 15.9 Å². The van der Waals surface area contributed by atoms with Crippen molar-refractivity contribution in [2.75, 3.05) is 26.4 Å². The van der Waals surface area contributed by atoms with Crippen LogP contribution in [0.4, 0.5) is 5.69 Å². The van der Waals surface area contributed by atoms with E-state index in [4.69, 9.17) is 25.5 Å². The van der Waals surface area contributed by atoms with Crippen LogP contribution < -0.4 is 11.1 Å². The molecule has 0 radical (unpaired) electrons. The molecular weight excluding hydrogens is 546 g/mol. The molecule has 190 valence electrons. The Balaban J connectivity index is 0.000000152. The molecule has 4 aromatic rings. The standard InChI is InChI=1S/C13H11N3O3.C12H11BrN2O3/c1-14-9-2-3-10-11(6-9)16(12(17)7-15-10)8-13-18-4-5-19-13;13-8-1-2-9-10(5-8)15(11(16)6-14-9)7-12-17-3-4-18-12/h2-3,6-7,13H,4-5,8H2;1-2,5-6,12H,3-4,7H2. The van der Waals surface area contributed by atoms with Gasteiger partial charge in [0, 0.05) is 4.47 Å². The monoisotopic (exact) mass is 567 g/mol. The molecule has 2 fully saturated rings. The van der Waals surface area contributed by atoms with Gasteiger partial charge in [-0.25, -0.2) is 14.8 Å². The van der Waals surface area contributed by atoms with Crippen LogP contribution in [0.15, 0.2) is 62.9 Å². The molecule has 2 saturated heterocycles. The second-order valence-corrected chi connectivity index (χ2v) is 9.09. The summed E-state index contributed by atoms with van der Waals surface area (Å²) >= 11 is 3.40. The minimum absolute atomic E-state index is 0.153. The number of ether oxygens (including phenoxy) is 4. The number of aromatic nitrogens is 4. The molecule has 2 aliphatic rings. The van der Waals surface area contributed by atoms with E-state index in [2.05, 4.69) is 30.7 Å². The number of rotatable bonds is 4. The Morgan fingerprint density at radius 3 is 1.81 bits per heavy atom. The first-order chi connectivity index (χ1) is 18.0. The van der Waals surface area contributed by atoms with Crippen molar-refractivity contribution in [3.8, 4) is 0 Å². The van der Waals surface area contributed by atoms with Crippen LogP contribution in [-0.2, 0) is 32.0 Å². The predicted octanol–water partition coefficient (Wildman–Crippen LogP) is 2.85. The van der Waals surface area contributed by atoms with Crippen LogP contribution in [0.2, 0.25) is 0 Å². The van der Waals surface area contributed by atoms with Gasteiger partial charge in [-0.1, -0.05) is 22.0 Å². The Kier molecular flexibility index (Phi) is 7.68. The third-order valence-corrected chi connectivity index (χ3v) is 6.31. The summed E-state index contributed by atoms with van der Waals surface area (Å²) in [6.45, 7) is 9.95. The molecule has 6 rings (SSSR count). The Bertz CT molecular complexity index is 1590. The number of fused-ring (bicyclic) bond motifs is 2. The summed E-state index contributed by atoms with van der Waals surface area (Å²) in [6, 6.07) is 10.7. The second-order valence-electron chi connectivity index (χ2n) is 8.17. The SMILES string of the molecule is O=c1cnc2ccc(Br)cc2n1CC1OCCO1.[C-]#[N+]c1ccc2ncc(=O)n(CC3OCCO3)c2c1. The van der Waals surface area contributed by atoms with Crippen LogP contribution in [-0.4, -0.2) is 58.1 Å². The van der Waals surface area contributed by atoms with Gasteiger partial charge in [-0.15, -0.1) is 0 Å². The largest absolute Gasteiger partial charge is 0.348 e. The molecule has 2 aromatic heterocycles. The van der Waals surface area contributed by atoms with Gasteiger partial charge in [0.15, 0.2) is 18.3 Å². The maximum Gasteiger partial charge on any atom is 0.269 e. The zero-order valence-electron chi connectivity index (χ0n) is 19.6. The molecule has 2 aliphatic heterocycles. The molecular formula is C25H22BrN5O6. The number of hydrogen-bond donors (Lipinski definition) is 0. The Morgan fingerprint density at radius 2 is 1.30 bits per heavy atom. The average molecular weight is 568 g/mol. The molecule has 2 aromatic carbocycles. The molecule has 0 aliphatic carbocycles. The van der Waals surface area contributed by atoms with E-state index in [1.807, 2.05) is 18.2 Å². The van der Waals surface area contributed by atoms with E-state index in [1.165, 1.54) is 17.0 Å². The highest BCUT2D eigenvalue weighted by Gasteiger charge is 2.19. The van der Waals surface area contributed by atoms with Crippen molar-refractivity contribution in [1.29, 1.82) is 0 Å². The highest BCUT2D eigenvalue weighted by Crippen LogP contribution is 2.20. The van der Waals surface area contributed by atoms with Crippen molar-refractivity contribution in [3.05, 3.63) is 85.4 Å². The number of nitrogens with zero attached hydrogens (tertiary/aromatic N) is 5. The summed E-state index contributed by atoms with van der Waals surface area (Å²) in [5.74, 6) is 0. The Hall–Kier alpha value is -3.47. The van der Waals surface area contributed by atoms with Crippen molar-refractivity contribution in [2.45, 2.75) is 25.7 Å². The minimum atomic E-state index is -0.417. The normalized spacial score (nSPS) is 16.1. The van der Waals surface area contributed by atoms with E-state index < -0.39 is 6.29 Å². The molecule has 4 heterocycles. The fourth-order valence-corrected chi connectivity index (χ4v) is 4.40. The molecule has 0 N–H and O–H groups in total. The van der Waals surface area contributed by atoms with Crippen LogP contribution in [0, 0.1) is 6.57 Å². The van der Waals surface area contributed by atoms with E-state index in [1.54, 1.807) is 22.8 Å². The second kappa shape index (κ2) is 11.3. The van der Waals surface area contributed by atoms with Gasteiger partial charge in [-0.05, 0) is 30.3 Å². The first-order valence-corrected chi connectivity index (χ1v) is 12.3. The predicted molar refractivity (Wildman–Crippen MR) is 137 cm³/mol. The lowest BCUT2D eigenvalue weighted by molar-refractivity contribution is -0.0525. The summed E-state index contributed by atoms with van der Waals surface area (Å²) < 4.78 is 25.5. The Labute approximate surface area is 219 Å². The smallest absolute Gasteiger partial charge is 0.269 e. The van der Waals surface area contributed by atoms with Crippen molar-refractivity contribution in [3.63, 3.8) is 0 Å². The quantitative estimate of drug-likeness (QED) is 0.346. The van der Waals surface area contributed by atoms with E-state index in [0.29, 0.717) is 56.2 Å². The lowest BCUT2D eigenvalue weighted by atomic mass is 10.2. The molecule has 0 spiro atoms. The lowest BCUT2D eigenvalue weighted by Gasteiger charge is -2.13. The van der Waals surface area contributed by atoms with Gasteiger partial charge >= 0.3 is 0 Å². The van der Waals surface area contributed by atoms with Crippen LogP contribution in [0.25, 0.3) is 26.9 Å². The molecule has 37 heavy (non-hydrogen) atoms. The molecule has 0 amide bonds.